The number of amides is 3. The van der Waals surface area contributed by atoms with E-state index >= 15 is 0 Å². The summed E-state index contributed by atoms with van der Waals surface area (Å²) in [6.07, 6.45) is 0.171. The van der Waals surface area contributed by atoms with E-state index in [2.05, 4.69) is 21.5 Å². The predicted molar refractivity (Wildman–Crippen MR) is 145 cm³/mol. The summed E-state index contributed by atoms with van der Waals surface area (Å²) < 4.78 is 27.9. The summed E-state index contributed by atoms with van der Waals surface area (Å²) in [5, 5.41) is 9.92. The summed E-state index contributed by atoms with van der Waals surface area (Å²) in [7, 11) is -3.91. The van der Waals surface area contributed by atoms with E-state index in [9.17, 15) is 27.6 Å². The largest absolute Gasteiger partial charge is 0.460 e. The van der Waals surface area contributed by atoms with E-state index < -0.39 is 46.3 Å². The van der Waals surface area contributed by atoms with Gasteiger partial charge in [-0.3, -0.25) is 24.6 Å². The lowest BCUT2D eigenvalue weighted by atomic mass is 10.1. The van der Waals surface area contributed by atoms with Crippen LogP contribution < -0.4 is 26.6 Å². The maximum Gasteiger partial charge on any atom is 0.325 e. The summed E-state index contributed by atoms with van der Waals surface area (Å²) in [5.41, 5.74) is 6.79. The third-order valence-corrected chi connectivity index (χ3v) is 6.43. The number of nitrogens with one attached hydrogen (secondary N) is 4. The number of carbonyl (C=O) groups excluding carboxylic acids is 4. The van der Waals surface area contributed by atoms with Crippen molar-refractivity contribution < 1.29 is 32.3 Å². The lowest BCUT2D eigenvalue weighted by Crippen LogP contribution is -2.54. The first-order valence-electron chi connectivity index (χ1n) is 12.1. The van der Waals surface area contributed by atoms with Gasteiger partial charge in [-0.05, 0) is 41.8 Å². The summed E-state index contributed by atoms with van der Waals surface area (Å²) in [6, 6.07) is 22.0. The number of esters is 1. The van der Waals surface area contributed by atoms with Crippen LogP contribution in [0.15, 0.2) is 89.8 Å². The number of hydrogen-bond donors (Lipinski definition) is 5. The highest BCUT2D eigenvalue weighted by Gasteiger charge is 2.21. The van der Waals surface area contributed by atoms with Gasteiger partial charge in [-0.25, -0.2) is 19.0 Å². The summed E-state index contributed by atoms with van der Waals surface area (Å²) in [5.74, 6) is -2.46. The lowest BCUT2D eigenvalue weighted by Gasteiger charge is -2.19. The van der Waals surface area contributed by atoms with Crippen LogP contribution in [0.1, 0.15) is 21.5 Å². The molecule has 210 valence electrons. The van der Waals surface area contributed by atoms with Gasteiger partial charge >= 0.3 is 5.97 Å². The quantitative estimate of drug-likeness (QED) is 0.143. The first-order valence-corrected chi connectivity index (χ1v) is 13.6. The van der Waals surface area contributed by atoms with E-state index in [4.69, 9.17) is 9.88 Å². The number of sulfonamides is 1. The second-order valence-corrected chi connectivity index (χ2v) is 10.1. The Labute approximate surface area is 231 Å². The van der Waals surface area contributed by atoms with Gasteiger partial charge in [0.15, 0.2) is 0 Å². The molecule has 0 heterocycles. The molecule has 3 aromatic rings. The highest BCUT2D eigenvalue weighted by molar-refractivity contribution is 7.89. The Bertz CT molecular complexity index is 1420. The van der Waals surface area contributed by atoms with Crippen molar-refractivity contribution >= 4 is 33.7 Å². The molecule has 3 aromatic carbocycles. The zero-order valence-electron chi connectivity index (χ0n) is 21.3. The Kier molecular flexibility index (Phi) is 10.9. The molecular weight excluding hydrogens is 538 g/mol. The van der Waals surface area contributed by atoms with E-state index in [1.54, 1.807) is 36.4 Å². The second kappa shape index (κ2) is 14.5. The minimum Gasteiger partial charge on any atom is -0.460 e. The molecular formula is C27H29N5O7S. The minimum absolute atomic E-state index is 0.0705. The lowest BCUT2D eigenvalue weighted by molar-refractivity contribution is -0.145. The summed E-state index contributed by atoms with van der Waals surface area (Å²) in [6.45, 7) is -0.713. The molecule has 0 aromatic heterocycles. The molecule has 0 spiro atoms. The van der Waals surface area contributed by atoms with Gasteiger partial charge in [-0.1, -0.05) is 60.7 Å². The van der Waals surface area contributed by atoms with E-state index in [0.717, 1.165) is 11.1 Å². The van der Waals surface area contributed by atoms with Gasteiger partial charge in [-0.15, -0.1) is 0 Å². The number of hydrogen-bond acceptors (Lipinski definition) is 8. The van der Waals surface area contributed by atoms with Gasteiger partial charge in [0.05, 0.1) is 11.4 Å². The number of rotatable bonds is 13. The van der Waals surface area contributed by atoms with Crippen molar-refractivity contribution in [2.24, 2.45) is 5.14 Å². The van der Waals surface area contributed by atoms with Gasteiger partial charge in [0.25, 0.3) is 5.91 Å². The molecule has 12 nitrogen and oxygen atoms in total. The fourth-order valence-electron chi connectivity index (χ4n) is 3.39. The smallest absolute Gasteiger partial charge is 0.325 e. The Morgan fingerprint density at radius 2 is 1.38 bits per heavy atom. The van der Waals surface area contributed by atoms with Crippen LogP contribution in [0.5, 0.6) is 0 Å². The highest BCUT2D eigenvalue weighted by Crippen LogP contribution is 2.09. The van der Waals surface area contributed by atoms with Crippen molar-refractivity contribution in [2.75, 3.05) is 13.1 Å². The van der Waals surface area contributed by atoms with Crippen molar-refractivity contribution in [2.45, 2.75) is 24.0 Å². The van der Waals surface area contributed by atoms with E-state index in [1.165, 1.54) is 24.3 Å². The maximum atomic E-state index is 12.9. The number of carbonyl (C=O) groups is 4. The van der Waals surface area contributed by atoms with Crippen molar-refractivity contribution in [3.63, 3.8) is 0 Å². The minimum atomic E-state index is -3.91. The first kappa shape index (κ1) is 30.0. The van der Waals surface area contributed by atoms with Gasteiger partial charge < -0.3 is 15.4 Å². The van der Waals surface area contributed by atoms with Crippen LogP contribution in [0.2, 0.25) is 0 Å². The molecule has 0 aliphatic rings. The SMILES string of the molecule is NS(=O)(=O)c1ccc(C(=O)NN[C@@H](Cc2ccccc2)C(=O)NCC(=O)NCC(=O)OCc2ccccc2)cc1. The third kappa shape index (κ3) is 9.94. The number of ether oxygens (including phenoxy) is 1. The Morgan fingerprint density at radius 3 is 1.98 bits per heavy atom. The van der Waals surface area contributed by atoms with Gasteiger partial charge in [0, 0.05) is 5.56 Å². The van der Waals surface area contributed by atoms with Crippen molar-refractivity contribution in [3.05, 3.63) is 102 Å². The van der Waals surface area contributed by atoms with Crippen LogP contribution >= 0.6 is 0 Å². The molecule has 1 atom stereocenters. The number of nitrogens with two attached hydrogens (primary N) is 1. The van der Waals surface area contributed by atoms with Gasteiger partial charge in [0.2, 0.25) is 21.8 Å². The molecule has 0 radical (unpaired) electrons. The molecule has 0 saturated carbocycles. The normalized spacial score (nSPS) is 11.6. The van der Waals surface area contributed by atoms with Crippen LogP contribution in [0.4, 0.5) is 0 Å². The van der Waals surface area contributed by atoms with Crippen LogP contribution in [0, 0.1) is 0 Å². The Morgan fingerprint density at radius 1 is 0.775 bits per heavy atom. The fraction of sp³-hybridized carbons (Fsp3) is 0.185. The molecule has 0 bridgehead atoms. The molecule has 0 saturated heterocycles. The summed E-state index contributed by atoms with van der Waals surface area (Å²) in [4.78, 5) is 49.3. The Balaban J connectivity index is 1.51. The zero-order valence-corrected chi connectivity index (χ0v) is 22.1. The molecule has 3 rings (SSSR count). The first-order chi connectivity index (χ1) is 19.1. The molecule has 3 amide bonds. The fourth-order valence-corrected chi connectivity index (χ4v) is 3.91. The third-order valence-electron chi connectivity index (χ3n) is 5.50. The molecule has 0 fully saturated rings. The maximum absolute atomic E-state index is 12.9. The van der Waals surface area contributed by atoms with Gasteiger partial charge in [0.1, 0.15) is 19.2 Å². The monoisotopic (exact) mass is 567 g/mol. The van der Waals surface area contributed by atoms with E-state index in [1.807, 2.05) is 24.3 Å². The summed E-state index contributed by atoms with van der Waals surface area (Å²) >= 11 is 0. The van der Waals surface area contributed by atoms with Gasteiger partial charge in [-0.2, -0.15) is 0 Å². The number of primary sulfonamides is 1. The zero-order chi connectivity index (χ0) is 29.0. The van der Waals surface area contributed by atoms with Crippen molar-refractivity contribution in [3.8, 4) is 0 Å². The van der Waals surface area contributed by atoms with Crippen LogP contribution in [0.25, 0.3) is 0 Å². The molecule has 0 aliphatic carbocycles. The molecule has 6 N–H and O–H groups in total. The van der Waals surface area contributed by atoms with Crippen molar-refractivity contribution in [1.82, 2.24) is 21.5 Å². The van der Waals surface area contributed by atoms with E-state index in [0.29, 0.717) is 0 Å². The number of hydrazine groups is 1. The average Bonchev–Trinajstić information content (AvgIpc) is 2.96. The predicted octanol–water partition coefficient (Wildman–Crippen LogP) is 0.156. The molecule has 13 heteroatoms. The number of benzene rings is 3. The van der Waals surface area contributed by atoms with E-state index in [-0.39, 0.29) is 30.0 Å². The molecule has 40 heavy (non-hydrogen) atoms. The molecule has 0 aliphatic heterocycles. The second-order valence-electron chi connectivity index (χ2n) is 8.55. The van der Waals surface area contributed by atoms with Crippen LogP contribution in [-0.2, 0) is 42.2 Å². The topological polar surface area (TPSA) is 186 Å². The Hall–Kier alpha value is -4.59. The van der Waals surface area contributed by atoms with Crippen molar-refractivity contribution in [1.29, 1.82) is 0 Å². The molecule has 0 unspecified atom stereocenters. The highest BCUT2D eigenvalue weighted by atomic mass is 32.2. The van der Waals surface area contributed by atoms with Crippen LogP contribution in [-0.4, -0.2) is 51.2 Å². The van der Waals surface area contributed by atoms with Crippen LogP contribution in [0.3, 0.4) is 0 Å². The average molecular weight is 568 g/mol. The standard InChI is InChI=1S/C27H29N5O7S/c28-40(37,38)22-13-11-21(12-14-22)26(35)32-31-23(15-19-7-3-1-4-8-19)27(36)30-16-24(33)29-17-25(34)39-18-20-9-5-2-6-10-20/h1-14,23,31H,15-18H2,(H,29,33)(H,30,36)(H,32,35)(H2,28,37,38)/t23-/m0/s1.